The number of ether oxygens (including phenoxy) is 2. The first-order valence-corrected chi connectivity index (χ1v) is 6.16. The SMILES string of the molecule is CCc1nnc(NN=Cc2ccc3c(c2)OCO3)n1N. The van der Waals surface area contributed by atoms with E-state index in [1.54, 1.807) is 6.21 Å². The third-order valence-electron chi connectivity index (χ3n) is 2.86. The number of benzene rings is 1. The molecular weight excluding hydrogens is 260 g/mol. The van der Waals surface area contributed by atoms with Gasteiger partial charge in [-0.2, -0.15) is 5.10 Å². The summed E-state index contributed by atoms with van der Waals surface area (Å²) in [6, 6.07) is 5.56. The molecule has 2 aromatic rings. The predicted molar refractivity (Wildman–Crippen MR) is 73.3 cm³/mol. The minimum absolute atomic E-state index is 0.254. The number of aromatic nitrogens is 3. The van der Waals surface area contributed by atoms with Crippen molar-refractivity contribution >= 4 is 12.2 Å². The van der Waals surface area contributed by atoms with Crippen LogP contribution in [0.4, 0.5) is 5.95 Å². The van der Waals surface area contributed by atoms with Crippen LogP contribution in [0.15, 0.2) is 23.3 Å². The molecule has 1 aromatic heterocycles. The van der Waals surface area contributed by atoms with Crippen molar-refractivity contribution in [3.8, 4) is 11.5 Å². The Balaban J connectivity index is 1.70. The summed E-state index contributed by atoms with van der Waals surface area (Å²) in [5.74, 6) is 8.31. The van der Waals surface area contributed by atoms with Gasteiger partial charge in [0.1, 0.15) is 0 Å². The molecule has 104 valence electrons. The number of hydrogen-bond acceptors (Lipinski definition) is 7. The van der Waals surface area contributed by atoms with E-state index >= 15 is 0 Å². The lowest BCUT2D eigenvalue weighted by atomic mass is 10.2. The largest absolute Gasteiger partial charge is 0.454 e. The van der Waals surface area contributed by atoms with Crippen LogP contribution in [-0.2, 0) is 6.42 Å². The maximum atomic E-state index is 5.79. The number of hydrogen-bond donors (Lipinski definition) is 2. The number of nitrogen functional groups attached to an aromatic ring is 1. The molecule has 3 rings (SSSR count). The van der Waals surface area contributed by atoms with Crippen molar-refractivity contribution in [1.29, 1.82) is 0 Å². The summed E-state index contributed by atoms with van der Waals surface area (Å²) in [6.45, 7) is 2.21. The zero-order valence-corrected chi connectivity index (χ0v) is 10.9. The lowest BCUT2D eigenvalue weighted by molar-refractivity contribution is 0.174. The fraction of sp³-hybridized carbons (Fsp3) is 0.250. The van der Waals surface area contributed by atoms with Crippen LogP contribution in [0.3, 0.4) is 0 Å². The highest BCUT2D eigenvalue weighted by Crippen LogP contribution is 2.31. The number of nitrogens with two attached hydrogens (primary N) is 1. The van der Waals surface area contributed by atoms with Gasteiger partial charge < -0.3 is 15.3 Å². The summed E-state index contributed by atoms with van der Waals surface area (Å²) in [4.78, 5) is 0. The van der Waals surface area contributed by atoms with Gasteiger partial charge in [0.15, 0.2) is 17.3 Å². The minimum Gasteiger partial charge on any atom is -0.454 e. The van der Waals surface area contributed by atoms with Crippen molar-refractivity contribution in [2.24, 2.45) is 5.10 Å². The predicted octanol–water partition coefficient (Wildman–Crippen LogP) is 0.729. The van der Waals surface area contributed by atoms with Crippen LogP contribution in [0.25, 0.3) is 0 Å². The Morgan fingerprint density at radius 2 is 2.25 bits per heavy atom. The van der Waals surface area contributed by atoms with E-state index in [9.17, 15) is 0 Å². The van der Waals surface area contributed by atoms with E-state index in [0.717, 1.165) is 11.3 Å². The molecule has 0 fully saturated rings. The quantitative estimate of drug-likeness (QED) is 0.484. The summed E-state index contributed by atoms with van der Waals surface area (Å²) in [6.07, 6.45) is 2.35. The molecule has 1 aliphatic rings. The molecule has 8 nitrogen and oxygen atoms in total. The van der Waals surface area contributed by atoms with Gasteiger partial charge in [-0.15, -0.1) is 10.2 Å². The first kappa shape index (κ1) is 12.3. The number of hydrazone groups is 1. The minimum atomic E-state index is 0.254. The van der Waals surface area contributed by atoms with Crippen molar-refractivity contribution in [2.75, 3.05) is 18.1 Å². The summed E-state index contributed by atoms with van der Waals surface area (Å²) >= 11 is 0. The third-order valence-corrected chi connectivity index (χ3v) is 2.86. The van der Waals surface area contributed by atoms with Crippen LogP contribution in [0.1, 0.15) is 18.3 Å². The van der Waals surface area contributed by atoms with E-state index < -0.39 is 0 Å². The van der Waals surface area contributed by atoms with E-state index in [2.05, 4.69) is 20.7 Å². The van der Waals surface area contributed by atoms with Crippen molar-refractivity contribution in [3.05, 3.63) is 29.6 Å². The van der Waals surface area contributed by atoms with Gasteiger partial charge in [0.25, 0.3) is 5.95 Å². The standard InChI is InChI=1S/C12H14N6O2/c1-2-11-15-17-12(18(11)13)16-14-6-8-3-4-9-10(5-8)20-7-19-9/h3-6H,2,7,13H2,1H3,(H,16,17). The number of aryl methyl sites for hydroxylation is 1. The van der Waals surface area contributed by atoms with Gasteiger partial charge >= 0.3 is 0 Å². The second-order valence-corrected chi connectivity index (χ2v) is 4.15. The third kappa shape index (κ3) is 2.22. The first-order valence-electron chi connectivity index (χ1n) is 6.16. The molecule has 8 heteroatoms. The van der Waals surface area contributed by atoms with Crippen molar-refractivity contribution in [2.45, 2.75) is 13.3 Å². The summed E-state index contributed by atoms with van der Waals surface area (Å²) in [5.41, 5.74) is 3.62. The highest BCUT2D eigenvalue weighted by molar-refractivity contribution is 5.81. The van der Waals surface area contributed by atoms with Gasteiger partial charge in [-0.25, -0.2) is 10.1 Å². The average Bonchev–Trinajstić information content (AvgIpc) is 3.05. The zero-order valence-electron chi connectivity index (χ0n) is 10.9. The molecule has 0 saturated carbocycles. The number of fused-ring (bicyclic) bond motifs is 1. The van der Waals surface area contributed by atoms with Crippen LogP contribution >= 0.6 is 0 Å². The van der Waals surface area contributed by atoms with Gasteiger partial charge in [0.05, 0.1) is 6.21 Å². The Hall–Kier alpha value is -2.77. The van der Waals surface area contributed by atoms with Crippen LogP contribution < -0.4 is 20.7 Å². The smallest absolute Gasteiger partial charge is 0.263 e. The van der Waals surface area contributed by atoms with Crippen molar-refractivity contribution < 1.29 is 9.47 Å². The topological polar surface area (TPSA) is 99.6 Å². The normalized spacial score (nSPS) is 13.1. The maximum Gasteiger partial charge on any atom is 0.263 e. The molecule has 0 amide bonds. The number of nitrogens with one attached hydrogen (secondary N) is 1. The molecule has 0 unspecified atom stereocenters. The molecule has 0 bridgehead atoms. The Bertz CT molecular complexity index is 651. The Morgan fingerprint density at radius 1 is 1.40 bits per heavy atom. The van der Waals surface area contributed by atoms with Crippen LogP contribution in [0, 0.1) is 0 Å². The number of anilines is 1. The molecule has 0 aliphatic carbocycles. The molecule has 20 heavy (non-hydrogen) atoms. The van der Waals surface area contributed by atoms with Gasteiger partial charge in [0, 0.05) is 6.42 Å². The lowest BCUT2D eigenvalue weighted by Gasteiger charge is -2.01. The fourth-order valence-electron chi connectivity index (χ4n) is 1.80. The average molecular weight is 274 g/mol. The molecule has 0 spiro atoms. The Labute approximate surface area is 115 Å². The molecule has 2 heterocycles. The summed E-state index contributed by atoms with van der Waals surface area (Å²) in [7, 11) is 0. The highest BCUT2D eigenvalue weighted by atomic mass is 16.7. The molecule has 3 N–H and O–H groups in total. The maximum absolute atomic E-state index is 5.79. The molecule has 1 aliphatic heterocycles. The second-order valence-electron chi connectivity index (χ2n) is 4.15. The van der Waals surface area contributed by atoms with Gasteiger partial charge in [0.2, 0.25) is 6.79 Å². The van der Waals surface area contributed by atoms with E-state index in [0.29, 0.717) is 23.9 Å². The molecule has 0 atom stereocenters. The van der Waals surface area contributed by atoms with E-state index in [1.807, 2.05) is 25.1 Å². The van der Waals surface area contributed by atoms with Crippen LogP contribution in [0.2, 0.25) is 0 Å². The van der Waals surface area contributed by atoms with Crippen molar-refractivity contribution in [1.82, 2.24) is 14.9 Å². The van der Waals surface area contributed by atoms with Gasteiger partial charge in [-0.05, 0) is 23.8 Å². The number of rotatable bonds is 4. The summed E-state index contributed by atoms with van der Waals surface area (Å²) < 4.78 is 11.9. The Morgan fingerprint density at radius 3 is 3.05 bits per heavy atom. The van der Waals surface area contributed by atoms with Gasteiger partial charge in [-0.1, -0.05) is 6.92 Å². The molecular formula is C12H14N6O2. The molecule has 1 aromatic carbocycles. The zero-order chi connectivity index (χ0) is 13.9. The van der Waals surface area contributed by atoms with Crippen LogP contribution in [0.5, 0.6) is 11.5 Å². The number of nitrogens with zero attached hydrogens (tertiary/aromatic N) is 4. The van der Waals surface area contributed by atoms with E-state index in [-0.39, 0.29) is 6.79 Å². The molecule has 0 saturated heterocycles. The van der Waals surface area contributed by atoms with E-state index in [1.165, 1.54) is 4.68 Å². The van der Waals surface area contributed by atoms with E-state index in [4.69, 9.17) is 15.3 Å². The lowest BCUT2D eigenvalue weighted by Crippen LogP contribution is -2.14. The molecule has 0 radical (unpaired) electrons. The van der Waals surface area contributed by atoms with Gasteiger partial charge in [-0.3, -0.25) is 0 Å². The highest BCUT2D eigenvalue weighted by Gasteiger charge is 2.12. The van der Waals surface area contributed by atoms with Crippen molar-refractivity contribution in [3.63, 3.8) is 0 Å². The first-order chi connectivity index (χ1) is 9.78. The summed E-state index contributed by atoms with van der Waals surface area (Å²) in [5, 5.41) is 11.9. The second kappa shape index (κ2) is 5.08. The monoisotopic (exact) mass is 274 g/mol. The fourth-order valence-corrected chi connectivity index (χ4v) is 1.80. The van der Waals surface area contributed by atoms with Crippen LogP contribution in [-0.4, -0.2) is 27.9 Å². The Kier molecular flexibility index (Phi) is 3.12.